The van der Waals surface area contributed by atoms with Crippen molar-refractivity contribution in [1.82, 2.24) is 5.32 Å². The molecular weight excluding hydrogens is 198 g/mol. The molecule has 0 saturated heterocycles. The van der Waals surface area contributed by atoms with Gasteiger partial charge in [-0.3, -0.25) is 0 Å². The second-order valence-corrected chi connectivity index (χ2v) is 4.56. The number of nitrogens with one attached hydrogen (secondary N) is 1. The zero-order valence-electron chi connectivity index (χ0n) is 9.17. The number of carbonyl (C=O) groups excluding carboxylic acids is 1. The Morgan fingerprint density at radius 3 is 1.80 bits per heavy atom. The van der Waals surface area contributed by atoms with E-state index in [0.717, 1.165) is 0 Å². The lowest BCUT2D eigenvalue weighted by atomic mass is 10.1. The monoisotopic (exact) mass is 219 g/mol. The van der Waals surface area contributed by atoms with Crippen molar-refractivity contribution in [1.29, 1.82) is 0 Å². The van der Waals surface area contributed by atoms with Crippen LogP contribution < -0.4 is 5.32 Å². The lowest BCUT2D eigenvalue weighted by Gasteiger charge is -2.25. The molecule has 0 bridgehead atoms. The van der Waals surface area contributed by atoms with Gasteiger partial charge in [0.1, 0.15) is 11.1 Å². The third-order valence-electron chi connectivity index (χ3n) is 1.35. The van der Waals surface area contributed by atoms with E-state index in [0.29, 0.717) is 0 Å². The number of carbonyl (C=O) groups is 2. The highest BCUT2D eigenvalue weighted by atomic mass is 16.6. The molecule has 0 aliphatic heterocycles. The van der Waals surface area contributed by atoms with Crippen LogP contribution in [-0.2, 0) is 9.53 Å². The number of alkyl carbamates (subject to hydrolysis) is 1. The number of carboxylic acid groups (broad SMARTS) is 1. The maximum atomic E-state index is 11.2. The summed E-state index contributed by atoms with van der Waals surface area (Å²) < 4.78 is 4.91. The number of ether oxygens (including phenoxy) is 1. The van der Waals surface area contributed by atoms with E-state index in [2.05, 4.69) is 5.32 Å². The third-order valence-corrected chi connectivity index (χ3v) is 1.35. The Morgan fingerprint density at radius 2 is 1.53 bits per heavy atom. The molecular formula is C10H21NO4. The van der Waals surface area contributed by atoms with Crippen molar-refractivity contribution in [3.63, 3.8) is 0 Å². The molecule has 0 atom stereocenters. The van der Waals surface area contributed by atoms with Crippen LogP contribution in [0.25, 0.3) is 0 Å². The summed E-state index contributed by atoms with van der Waals surface area (Å²) in [6.07, 6.45) is -0.732. The lowest BCUT2D eigenvalue weighted by Crippen LogP contribution is -2.51. The fraction of sp³-hybridized carbons (Fsp3) is 0.800. The smallest absolute Gasteiger partial charge is 0.408 e. The summed E-state index contributed by atoms with van der Waals surface area (Å²) in [5.41, 5.74) is -1.94. The van der Waals surface area contributed by atoms with Crippen molar-refractivity contribution >= 4 is 12.1 Å². The van der Waals surface area contributed by atoms with Crippen LogP contribution in [0.3, 0.4) is 0 Å². The van der Waals surface area contributed by atoms with E-state index in [1.165, 1.54) is 13.8 Å². The molecule has 0 spiro atoms. The summed E-state index contributed by atoms with van der Waals surface area (Å²) in [6.45, 7) is 7.90. The van der Waals surface area contributed by atoms with Gasteiger partial charge in [-0.2, -0.15) is 0 Å². The normalized spacial score (nSPS) is 11.3. The van der Waals surface area contributed by atoms with Crippen molar-refractivity contribution in [3.05, 3.63) is 0 Å². The van der Waals surface area contributed by atoms with Crippen LogP contribution >= 0.6 is 0 Å². The molecule has 0 heterocycles. The minimum atomic E-state index is -1.32. The van der Waals surface area contributed by atoms with E-state index in [-0.39, 0.29) is 7.43 Å². The van der Waals surface area contributed by atoms with Crippen molar-refractivity contribution < 1.29 is 19.4 Å². The quantitative estimate of drug-likeness (QED) is 0.745. The third kappa shape index (κ3) is 6.76. The topological polar surface area (TPSA) is 75.6 Å². The van der Waals surface area contributed by atoms with Crippen molar-refractivity contribution in [2.75, 3.05) is 0 Å². The van der Waals surface area contributed by atoms with Gasteiger partial charge in [-0.15, -0.1) is 0 Å². The maximum Gasteiger partial charge on any atom is 0.408 e. The van der Waals surface area contributed by atoms with Crippen LogP contribution in [0.2, 0.25) is 0 Å². The van der Waals surface area contributed by atoms with Gasteiger partial charge in [0, 0.05) is 0 Å². The molecule has 2 N–H and O–H groups in total. The largest absolute Gasteiger partial charge is 0.480 e. The fourth-order valence-electron chi connectivity index (χ4n) is 0.612. The number of hydrogen-bond donors (Lipinski definition) is 2. The number of hydrogen-bond acceptors (Lipinski definition) is 3. The molecule has 0 unspecified atom stereocenters. The van der Waals surface area contributed by atoms with Crippen LogP contribution in [0.4, 0.5) is 4.79 Å². The summed E-state index contributed by atoms with van der Waals surface area (Å²) in [7, 11) is 0. The molecule has 0 aromatic carbocycles. The first-order valence-electron chi connectivity index (χ1n) is 4.29. The predicted molar refractivity (Wildman–Crippen MR) is 57.8 cm³/mol. The number of aliphatic carboxylic acids is 1. The molecule has 0 aliphatic carbocycles. The Balaban J connectivity index is 0. The van der Waals surface area contributed by atoms with E-state index in [1.807, 2.05) is 0 Å². The standard InChI is InChI=1S/C9H17NO4.CH4/c1-8(2,3)14-7(13)10-9(4,5)6(11)12;/h1-5H3,(H,10,13)(H,11,12);1H4. The van der Waals surface area contributed by atoms with E-state index in [4.69, 9.17) is 9.84 Å². The van der Waals surface area contributed by atoms with Gasteiger partial charge >= 0.3 is 12.1 Å². The molecule has 0 aromatic heterocycles. The second kappa shape index (κ2) is 5.00. The van der Waals surface area contributed by atoms with Gasteiger partial charge in [0.2, 0.25) is 0 Å². The van der Waals surface area contributed by atoms with Gasteiger partial charge in [-0.1, -0.05) is 7.43 Å². The summed E-state index contributed by atoms with van der Waals surface area (Å²) in [5.74, 6) is -1.11. The highest BCUT2D eigenvalue weighted by Crippen LogP contribution is 2.09. The zero-order valence-corrected chi connectivity index (χ0v) is 9.17. The average Bonchev–Trinajstić information content (AvgIpc) is 1.79. The first-order valence-corrected chi connectivity index (χ1v) is 4.29. The Labute approximate surface area is 90.8 Å². The minimum absolute atomic E-state index is 0. The Kier molecular flexibility index (Phi) is 5.39. The number of rotatable bonds is 2. The van der Waals surface area contributed by atoms with Gasteiger partial charge in [0.15, 0.2) is 0 Å². The van der Waals surface area contributed by atoms with Crippen LogP contribution in [-0.4, -0.2) is 28.3 Å². The van der Waals surface area contributed by atoms with E-state index >= 15 is 0 Å². The Morgan fingerprint density at radius 1 is 1.13 bits per heavy atom. The second-order valence-electron chi connectivity index (χ2n) is 4.56. The van der Waals surface area contributed by atoms with E-state index < -0.39 is 23.2 Å². The molecule has 5 heteroatoms. The number of carboxylic acids is 1. The highest BCUT2D eigenvalue weighted by Gasteiger charge is 2.30. The van der Waals surface area contributed by atoms with Crippen molar-refractivity contribution in [3.8, 4) is 0 Å². The van der Waals surface area contributed by atoms with Crippen LogP contribution in [0.5, 0.6) is 0 Å². The Hall–Kier alpha value is -1.26. The van der Waals surface area contributed by atoms with Crippen molar-refractivity contribution in [2.24, 2.45) is 0 Å². The van der Waals surface area contributed by atoms with Gasteiger partial charge in [-0.05, 0) is 34.6 Å². The molecule has 0 radical (unpaired) electrons. The van der Waals surface area contributed by atoms with Gasteiger partial charge in [0.25, 0.3) is 0 Å². The Bertz CT molecular complexity index is 240. The van der Waals surface area contributed by atoms with Crippen LogP contribution in [0.15, 0.2) is 0 Å². The molecule has 0 rings (SSSR count). The molecule has 0 fully saturated rings. The summed E-state index contributed by atoms with van der Waals surface area (Å²) in [6, 6.07) is 0. The summed E-state index contributed by atoms with van der Waals surface area (Å²) >= 11 is 0. The van der Waals surface area contributed by atoms with Crippen LogP contribution in [0.1, 0.15) is 42.0 Å². The van der Waals surface area contributed by atoms with E-state index in [9.17, 15) is 9.59 Å². The average molecular weight is 219 g/mol. The van der Waals surface area contributed by atoms with Crippen molar-refractivity contribution in [2.45, 2.75) is 53.2 Å². The summed E-state index contributed by atoms with van der Waals surface area (Å²) in [5, 5.41) is 11.0. The van der Waals surface area contributed by atoms with Gasteiger partial charge in [-0.25, -0.2) is 9.59 Å². The highest BCUT2D eigenvalue weighted by molar-refractivity contribution is 5.83. The van der Waals surface area contributed by atoms with Gasteiger partial charge in [0.05, 0.1) is 0 Å². The van der Waals surface area contributed by atoms with E-state index in [1.54, 1.807) is 20.8 Å². The first kappa shape index (κ1) is 16.2. The zero-order chi connectivity index (χ0) is 11.6. The molecule has 0 aromatic rings. The molecule has 5 nitrogen and oxygen atoms in total. The fourth-order valence-corrected chi connectivity index (χ4v) is 0.612. The lowest BCUT2D eigenvalue weighted by molar-refractivity contribution is -0.143. The first-order chi connectivity index (χ1) is 6.04. The minimum Gasteiger partial charge on any atom is -0.480 e. The van der Waals surface area contributed by atoms with Crippen LogP contribution in [0, 0.1) is 0 Å². The molecule has 1 amide bonds. The molecule has 15 heavy (non-hydrogen) atoms. The van der Waals surface area contributed by atoms with Gasteiger partial charge < -0.3 is 15.2 Å². The molecule has 0 aliphatic rings. The summed E-state index contributed by atoms with van der Waals surface area (Å²) in [4.78, 5) is 21.8. The SMILES string of the molecule is C.CC(C)(C)OC(=O)NC(C)(C)C(=O)O. The molecule has 0 saturated carbocycles. The molecule has 90 valence electrons. The predicted octanol–water partition coefficient (Wildman–Crippen LogP) is 2.01. The number of amides is 1. The maximum absolute atomic E-state index is 11.2.